The van der Waals surface area contributed by atoms with E-state index in [0.29, 0.717) is 22.3 Å². The van der Waals surface area contributed by atoms with Crippen LogP contribution >= 0.6 is 0 Å². The molecule has 0 aliphatic carbocycles. The van der Waals surface area contributed by atoms with Gasteiger partial charge in [-0.2, -0.15) is 0 Å². The first kappa shape index (κ1) is 17.5. The summed E-state index contributed by atoms with van der Waals surface area (Å²) in [5, 5.41) is 0.536. The highest BCUT2D eigenvalue weighted by Gasteiger charge is 2.20. The highest BCUT2D eigenvalue weighted by Crippen LogP contribution is 2.34. The first-order valence-electron chi connectivity index (χ1n) is 8.72. The summed E-state index contributed by atoms with van der Waals surface area (Å²) in [6, 6.07) is 24.9. The van der Waals surface area contributed by atoms with Gasteiger partial charge in [0.05, 0.1) is 5.39 Å². The molecule has 5 heteroatoms. The Hall–Kier alpha value is -3.86. The van der Waals surface area contributed by atoms with Crippen LogP contribution in [0.15, 0.2) is 94.1 Å². The maximum absolute atomic E-state index is 12.6. The summed E-state index contributed by atoms with van der Waals surface area (Å²) >= 11 is 0. The first-order chi connectivity index (χ1) is 13.7. The summed E-state index contributed by atoms with van der Waals surface area (Å²) < 4.78 is 16.5. The van der Waals surface area contributed by atoms with E-state index in [4.69, 9.17) is 13.9 Å². The number of hydrogen-bond acceptors (Lipinski definition) is 5. The number of carbonyl (C=O) groups is 1. The van der Waals surface area contributed by atoms with Crippen LogP contribution in [0, 0.1) is 0 Å². The molecule has 0 spiro atoms. The minimum Gasteiger partial charge on any atom is -0.482 e. The fourth-order valence-corrected chi connectivity index (χ4v) is 2.88. The number of rotatable bonds is 5. The van der Waals surface area contributed by atoms with Gasteiger partial charge in [0, 0.05) is 0 Å². The largest absolute Gasteiger partial charge is 0.482 e. The maximum atomic E-state index is 12.6. The lowest BCUT2D eigenvalue weighted by Crippen LogP contribution is -2.19. The number of hydrogen-bond donors (Lipinski definition) is 0. The summed E-state index contributed by atoms with van der Waals surface area (Å²) in [7, 11) is 0. The molecule has 0 fully saturated rings. The van der Waals surface area contributed by atoms with Gasteiger partial charge < -0.3 is 13.9 Å². The summed E-state index contributed by atoms with van der Waals surface area (Å²) in [4.78, 5) is 25.1. The van der Waals surface area contributed by atoms with Crippen molar-refractivity contribution < 1.29 is 18.7 Å². The lowest BCUT2D eigenvalue weighted by molar-refractivity contribution is -0.136. The van der Waals surface area contributed by atoms with E-state index in [1.54, 1.807) is 60.7 Å². The van der Waals surface area contributed by atoms with Crippen LogP contribution in [-0.4, -0.2) is 12.6 Å². The van der Waals surface area contributed by atoms with Crippen molar-refractivity contribution in [2.75, 3.05) is 6.61 Å². The third-order valence-electron chi connectivity index (χ3n) is 4.14. The predicted octanol–water partition coefficient (Wildman–Crippen LogP) is 4.44. The summed E-state index contributed by atoms with van der Waals surface area (Å²) in [5.74, 6) is 0.108. The molecule has 1 aromatic heterocycles. The Bertz CT molecular complexity index is 1160. The highest BCUT2D eigenvalue weighted by atomic mass is 16.6. The minimum atomic E-state index is -0.614. The van der Waals surface area contributed by atoms with Crippen molar-refractivity contribution in [2.45, 2.75) is 0 Å². The minimum absolute atomic E-state index is 0.166. The molecule has 0 radical (unpaired) electrons. The number of fused-ring (bicyclic) bond motifs is 1. The van der Waals surface area contributed by atoms with Crippen LogP contribution in [0.3, 0.4) is 0 Å². The molecule has 0 amide bonds. The standard InChI is InChI=1S/C23H16O5/c24-20(15-26-17-11-5-2-6-12-17)28-22-18-13-7-8-14-19(18)27-23(25)21(22)16-9-3-1-4-10-16/h1-14H,15H2. The maximum Gasteiger partial charge on any atom is 0.349 e. The van der Waals surface area contributed by atoms with Crippen molar-refractivity contribution in [2.24, 2.45) is 0 Å². The fraction of sp³-hybridized carbons (Fsp3) is 0.0435. The second-order valence-electron chi connectivity index (χ2n) is 6.03. The van der Waals surface area contributed by atoms with Gasteiger partial charge in [-0.3, -0.25) is 0 Å². The van der Waals surface area contributed by atoms with Crippen LogP contribution < -0.4 is 15.1 Å². The zero-order chi connectivity index (χ0) is 19.3. The summed E-state index contributed by atoms with van der Waals surface area (Å²) in [5.41, 5.74) is 0.580. The van der Waals surface area contributed by atoms with Gasteiger partial charge in [-0.1, -0.05) is 60.7 Å². The molecule has 0 aliphatic heterocycles. The Balaban J connectivity index is 1.72. The third-order valence-corrected chi connectivity index (χ3v) is 4.14. The summed E-state index contributed by atoms with van der Waals surface area (Å²) in [6.45, 7) is -0.285. The average Bonchev–Trinajstić information content (AvgIpc) is 2.74. The van der Waals surface area contributed by atoms with Gasteiger partial charge >= 0.3 is 11.6 Å². The van der Waals surface area contributed by atoms with Gasteiger partial charge in [-0.25, -0.2) is 9.59 Å². The van der Waals surface area contributed by atoms with E-state index in [9.17, 15) is 9.59 Å². The van der Waals surface area contributed by atoms with Crippen LogP contribution in [0.1, 0.15) is 0 Å². The average molecular weight is 372 g/mol. The van der Waals surface area contributed by atoms with Gasteiger partial charge in [-0.15, -0.1) is 0 Å². The molecule has 5 nitrogen and oxygen atoms in total. The van der Waals surface area contributed by atoms with Crippen molar-refractivity contribution in [3.8, 4) is 22.6 Å². The van der Waals surface area contributed by atoms with Crippen molar-refractivity contribution >= 4 is 16.9 Å². The Morgan fingerprint density at radius 2 is 1.46 bits per heavy atom. The summed E-state index contributed by atoms with van der Waals surface area (Å²) in [6.07, 6.45) is 0. The Kier molecular flexibility index (Phi) is 4.89. The van der Waals surface area contributed by atoms with Crippen molar-refractivity contribution in [1.82, 2.24) is 0 Å². The van der Waals surface area contributed by atoms with E-state index < -0.39 is 11.6 Å². The van der Waals surface area contributed by atoms with Gasteiger partial charge in [0.1, 0.15) is 16.9 Å². The van der Waals surface area contributed by atoms with E-state index in [-0.39, 0.29) is 17.9 Å². The van der Waals surface area contributed by atoms with Crippen LogP contribution in [0.5, 0.6) is 11.5 Å². The van der Waals surface area contributed by atoms with Gasteiger partial charge in [0.25, 0.3) is 0 Å². The lowest BCUT2D eigenvalue weighted by atomic mass is 10.0. The molecule has 0 atom stereocenters. The normalized spacial score (nSPS) is 10.6. The monoisotopic (exact) mass is 372 g/mol. The molecule has 28 heavy (non-hydrogen) atoms. The van der Waals surface area contributed by atoms with Gasteiger partial charge in [-0.05, 0) is 29.8 Å². The number of para-hydroxylation sites is 2. The zero-order valence-electron chi connectivity index (χ0n) is 14.8. The van der Waals surface area contributed by atoms with E-state index in [0.717, 1.165) is 0 Å². The molecule has 0 unspecified atom stereocenters. The first-order valence-corrected chi connectivity index (χ1v) is 8.72. The van der Waals surface area contributed by atoms with Crippen LogP contribution in [0.2, 0.25) is 0 Å². The van der Waals surface area contributed by atoms with Crippen LogP contribution in [-0.2, 0) is 4.79 Å². The molecule has 4 aromatic rings. The van der Waals surface area contributed by atoms with Crippen molar-refractivity contribution in [3.05, 3.63) is 95.3 Å². The number of ether oxygens (including phenoxy) is 2. The number of benzene rings is 3. The molecule has 3 aromatic carbocycles. The molecule has 0 N–H and O–H groups in total. The second kappa shape index (κ2) is 7.80. The lowest BCUT2D eigenvalue weighted by Gasteiger charge is -2.12. The molecule has 0 aliphatic rings. The molecular formula is C23H16O5. The second-order valence-corrected chi connectivity index (χ2v) is 6.03. The predicted molar refractivity (Wildman–Crippen MR) is 105 cm³/mol. The quantitative estimate of drug-likeness (QED) is 0.383. The van der Waals surface area contributed by atoms with E-state index >= 15 is 0 Å². The smallest absolute Gasteiger partial charge is 0.349 e. The molecule has 4 rings (SSSR count). The molecule has 1 heterocycles. The highest BCUT2D eigenvalue weighted by molar-refractivity contribution is 5.93. The Labute approximate surface area is 160 Å². The van der Waals surface area contributed by atoms with E-state index in [1.807, 2.05) is 24.3 Å². The Morgan fingerprint density at radius 3 is 2.21 bits per heavy atom. The molecule has 0 saturated carbocycles. The van der Waals surface area contributed by atoms with Crippen molar-refractivity contribution in [3.63, 3.8) is 0 Å². The van der Waals surface area contributed by atoms with Crippen LogP contribution in [0.25, 0.3) is 22.1 Å². The topological polar surface area (TPSA) is 65.7 Å². The van der Waals surface area contributed by atoms with E-state index in [2.05, 4.69) is 0 Å². The molecule has 0 bridgehead atoms. The zero-order valence-corrected chi connectivity index (χ0v) is 14.8. The molecule has 138 valence electrons. The number of esters is 1. The number of carbonyl (C=O) groups excluding carboxylic acids is 1. The molecule has 0 saturated heterocycles. The SMILES string of the molecule is O=C(COc1ccccc1)Oc1c(-c2ccccc2)c(=O)oc2ccccc12. The molecular weight excluding hydrogens is 356 g/mol. The fourth-order valence-electron chi connectivity index (χ4n) is 2.88. The van der Waals surface area contributed by atoms with Gasteiger partial charge in [0.2, 0.25) is 0 Å². The van der Waals surface area contributed by atoms with Crippen LogP contribution in [0.4, 0.5) is 0 Å². The van der Waals surface area contributed by atoms with Gasteiger partial charge in [0.15, 0.2) is 12.4 Å². The Morgan fingerprint density at radius 1 is 0.821 bits per heavy atom. The van der Waals surface area contributed by atoms with E-state index in [1.165, 1.54) is 0 Å². The van der Waals surface area contributed by atoms with Crippen molar-refractivity contribution in [1.29, 1.82) is 0 Å². The third kappa shape index (κ3) is 3.64.